The number of benzene rings is 1. The van der Waals surface area contributed by atoms with E-state index in [0.29, 0.717) is 5.02 Å². The summed E-state index contributed by atoms with van der Waals surface area (Å²) in [5, 5.41) is 0.665. The lowest BCUT2D eigenvalue weighted by molar-refractivity contribution is 0.516. The van der Waals surface area contributed by atoms with Gasteiger partial charge < -0.3 is 0 Å². The summed E-state index contributed by atoms with van der Waals surface area (Å²) in [6.45, 7) is 3.30. The molecule has 0 unspecified atom stereocenters. The largest absolute Gasteiger partial charge is 0.250 e. The van der Waals surface area contributed by atoms with Crippen molar-refractivity contribution in [1.82, 2.24) is 0 Å². The van der Waals surface area contributed by atoms with Gasteiger partial charge in [0.15, 0.2) is 0 Å². The topological polar surface area (TPSA) is 0 Å². The van der Waals surface area contributed by atoms with Crippen LogP contribution in [-0.2, 0) is 0 Å². The van der Waals surface area contributed by atoms with Gasteiger partial charge >= 0.3 is 0 Å². The van der Waals surface area contributed by atoms with Crippen molar-refractivity contribution in [2.45, 2.75) is 13.8 Å². The van der Waals surface area contributed by atoms with Crippen LogP contribution < -0.4 is 0 Å². The van der Waals surface area contributed by atoms with Crippen molar-refractivity contribution in [2.24, 2.45) is 0 Å². The molecule has 1 rings (SSSR count). The van der Waals surface area contributed by atoms with Crippen LogP contribution in [0, 0.1) is 12.8 Å². The molecule has 1 aromatic rings. The maximum Gasteiger partial charge on any atom is 0.0997 e. The van der Waals surface area contributed by atoms with Crippen LogP contribution in [0.15, 0.2) is 18.2 Å². The quantitative estimate of drug-likeness (QED) is 0.661. The molecular weight excluding hydrogens is 175 g/mol. The van der Waals surface area contributed by atoms with Crippen molar-refractivity contribution in [3.8, 4) is 0 Å². The Hall–Kier alpha value is -0.560. The molecule has 12 heavy (non-hydrogen) atoms. The average Bonchev–Trinajstić information content (AvgIpc) is 2.01. The highest BCUT2D eigenvalue weighted by atomic mass is 35.5. The Labute approximate surface area is 77.4 Å². The molecule has 0 aliphatic carbocycles. The second kappa shape index (κ2) is 3.90. The molecule has 0 bridgehead atoms. The maximum absolute atomic E-state index is 12.3. The number of alkyl halides is 1. The monoisotopic (exact) mass is 185 g/mol. The summed E-state index contributed by atoms with van der Waals surface area (Å²) in [6.07, 6.45) is 0. The molecule has 0 fully saturated rings. The Kier molecular flexibility index (Phi) is 3.10. The zero-order valence-electron chi connectivity index (χ0n) is 7.20. The molecule has 0 N–H and O–H groups in total. The first-order valence-electron chi connectivity index (χ1n) is 3.79. The molecule has 1 radical (unpaired) electrons. The van der Waals surface area contributed by atoms with Gasteiger partial charge in [0.05, 0.1) is 6.67 Å². The van der Waals surface area contributed by atoms with Crippen molar-refractivity contribution in [3.63, 3.8) is 0 Å². The Bertz CT molecular complexity index is 250. The highest BCUT2D eigenvalue weighted by molar-refractivity contribution is 6.30. The van der Waals surface area contributed by atoms with Gasteiger partial charge in [-0.15, -0.1) is 0 Å². The van der Waals surface area contributed by atoms with E-state index in [1.54, 1.807) is 13.0 Å². The van der Waals surface area contributed by atoms with E-state index in [4.69, 9.17) is 11.6 Å². The van der Waals surface area contributed by atoms with Crippen molar-refractivity contribution < 1.29 is 4.39 Å². The van der Waals surface area contributed by atoms with Gasteiger partial charge in [-0.05, 0) is 30.2 Å². The minimum Gasteiger partial charge on any atom is -0.250 e. The fraction of sp³-hybridized carbons (Fsp3) is 0.300. The first-order chi connectivity index (χ1) is 5.63. The molecular formula is C10H11ClF. The fourth-order valence-electron chi connectivity index (χ4n) is 1.06. The molecule has 0 atom stereocenters. The molecule has 0 aromatic heterocycles. The van der Waals surface area contributed by atoms with Crippen molar-refractivity contribution in [1.29, 1.82) is 0 Å². The first kappa shape index (κ1) is 9.53. The molecule has 65 valence electrons. The third-order valence-corrected chi connectivity index (χ3v) is 1.95. The second-order valence-corrected chi connectivity index (χ2v) is 3.37. The molecule has 0 heterocycles. The molecule has 0 amide bonds. The summed E-state index contributed by atoms with van der Waals surface area (Å²) in [5.74, 6) is 0.723. The van der Waals surface area contributed by atoms with Crippen LogP contribution in [0.25, 0.3) is 0 Å². The lowest BCUT2D eigenvalue weighted by Crippen LogP contribution is -1.96. The zero-order valence-corrected chi connectivity index (χ0v) is 7.95. The number of halogens is 2. The average molecular weight is 186 g/mol. The maximum atomic E-state index is 12.3. The molecule has 0 aliphatic heterocycles. The van der Waals surface area contributed by atoms with E-state index in [1.165, 1.54) is 0 Å². The lowest BCUT2D eigenvalue weighted by atomic mass is 10.0. The first-order valence-corrected chi connectivity index (χ1v) is 4.17. The van der Waals surface area contributed by atoms with Crippen LogP contribution in [0.1, 0.15) is 18.1 Å². The smallest absolute Gasteiger partial charge is 0.0997 e. The van der Waals surface area contributed by atoms with Crippen molar-refractivity contribution >= 4 is 11.6 Å². The van der Waals surface area contributed by atoms with Crippen LogP contribution in [0.2, 0.25) is 5.02 Å². The van der Waals surface area contributed by atoms with Gasteiger partial charge in [0.25, 0.3) is 0 Å². The summed E-state index contributed by atoms with van der Waals surface area (Å²) >= 11 is 5.82. The Morgan fingerprint density at radius 2 is 2.08 bits per heavy atom. The summed E-state index contributed by atoms with van der Waals surface area (Å²) in [4.78, 5) is 0. The van der Waals surface area contributed by atoms with Crippen LogP contribution >= 0.6 is 11.6 Å². The van der Waals surface area contributed by atoms with Gasteiger partial charge in [0.1, 0.15) is 0 Å². The van der Waals surface area contributed by atoms with Gasteiger partial charge in [-0.25, -0.2) is 0 Å². The van der Waals surface area contributed by atoms with Crippen LogP contribution in [-0.4, -0.2) is 6.67 Å². The van der Waals surface area contributed by atoms with Gasteiger partial charge in [-0.3, -0.25) is 4.39 Å². The van der Waals surface area contributed by atoms with E-state index in [9.17, 15) is 4.39 Å². The van der Waals surface area contributed by atoms with Gasteiger partial charge in [-0.2, -0.15) is 0 Å². The van der Waals surface area contributed by atoms with E-state index in [0.717, 1.165) is 17.0 Å². The standard InChI is InChI=1S/C10H11ClF/c1-7-3-9(8(2)6-12)5-10(11)4-7/h3-5H,6H2,1-2H3. The second-order valence-electron chi connectivity index (χ2n) is 2.93. The van der Waals surface area contributed by atoms with Crippen LogP contribution in [0.3, 0.4) is 0 Å². The zero-order chi connectivity index (χ0) is 9.14. The summed E-state index contributed by atoms with van der Waals surface area (Å²) < 4.78 is 12.3. The number of rotatable bonds is 2. The Morgan fingerprint density at radius 3 is 2.58 bits per heavy atom. The minimum absolute atomic E-state index is 0.417. The molecule has 0 spiro atoms. The predicted molar refractivity (Wildman–Crippen MR) is 50.2 cm³/mol. The van der Waals surface area contributed by atoms with Crippen molar-refractivity contribution in [2.75, 3.05) is 6.67 Å². The van der Waals surface area contributed by atoms with E-state index >= 15 is 0 Å². The molecule has 0 aliphatic rings. The Balaban J connectivity index is 3.00. The van der Waals surface area contributed by atoms with E-state index < -0.39 is 6.67 Å². The summed E-state index contributed by atoms with van der Waals surface area (Å²) in [5.41, 5.74) is 1.95. The van der Waals surface area contributed by atoms with Gasteiger partial charge in [0.2, 0.25) is 0 Å². The molecule has 0 saturated heterocycles. The SMILES string of the molecule is C[C](CF)c1cc(C)cc(Cl)c1. The predicted octanol–water partition coefficient (Wildman–Crippen LogP) is 3.56. The van der Waals surface area contributed by atoms with E-state index in [2.05, 4.69) is 0 Å². The Morgan fingerprint density at radius 1 is 1.42 bits per heavy atom. The van der Waals surface area contributed by atoms with E-state index in [1.807, 2.05) is 19.1 Å². The lowest BCUT2D eigenvalue weighted by Gasteiger charge is -2.07. The number of aryl methyl sites for hydroxylation is 1. The molecule has 0 saturated carbocycles. The molecule has 2 heteroatoms. The third-order valence-electron chi connectivity index (χ3n) is 1.74. The highest BCUT2D eigenvalue weighted by Gasteiger charge is 2.06. The highest BCUT2D eigenvalue weighted by Crippen LogP contribution is 2.21. The van der Waals surface area contributed by atoms with E-state index in [-0.39, 0.29) is 0 Å². The number of hydrogen-bond donors (Lipinski definition) is 0. The minimum atomic E-state index is -0.417. The van der Waals surface area contributed by atoms with Gasteiger partial charge in [0, 0.05) is 10.9 Å². The van der Waals surface area contributed by atoms with Crippen molar-refractivity contribution in [3.05, 3.63) is 40.3 Å². The molecule has 0 nitrogen and oxygen atoms in total. The third kappa shape index (κ3) is 2.21. The van der Waals surface area contributed by atoms with Crippen LogP contribution in [0.4, 0.5) is 4.39 Å². The summed E-state index contributed by atoms with van der Waals surface area (Å²) in [6, 6.07) is 5.57. The summed E-state index contributed by atoms with van der Waals surface area (Å²) in [7, 11) is 0. The fourth-order valence-corrected chi connectivity index (χ4v) is 1.35. The van der Waals surface area contributed by atoms with Crippen LogP contribution in [0.5, 0.6) is 0 Å². The number of hydrogen-bond acceptors (Lipinski definition) is 0. The van der Waals surface area contributed by atoms with Gasteiger partial charge in [-0.1, -0.05) is 24.6 Å². The molecule has 1 aromatic carbocycles. The normalized spacial score (nSPS) is 10.8.